The van der Waals surface area contributed by atoms with E-state index < -0.39 is 5.91 Å². The minimum atomic E-state index is -0.539. The number of anilines is 1. The van der Waals surface area contributed by atoms with Gasteiger partial charge in [0, 0.05) is 27.0 Å². The number of carbonyl (C=O) groups is 2. The van der Waals surface area contributed by atoms with Gasteiger partial charge >= 0.3 is 0 Å². The van der Waals surface area contributed by atoms with E-state index in [4.69, 9.17) is 0 Å². The third-order valence-corrected chi connectivity index (χ3v) is 5.47. The van der Waals surface area contributed by atoms with Crippen molar-refractivity contribution in [3.8, 4) is 5.88 Å². The Labute approximate surface area is 169 Å². The Morgan fingerprint density at radius 3 is 2.61 bits per heavy atom. The van der Waals surface area contributed by atoms with Crippen molar-refractivity contribution in [2.45, 2.75) is 19.8 Å². The number of nitrogens with zero attached hydrogens (tertiary/aromatic N) is 2. The second-order valence-electron chi connectivity index (χ2n) is 6.82. The van der Waals surface area contributed by atoms with Gasteiger partial charge in [0.2, 0.25) is 11.8 Å². The van der Waals surface area contributed by atoms with Gasteiger partial charge in [0.1, 0.15) is 0 Å². The fourth-order valence-electron chi connectivity index (χ4n) is 2.84. The van der Waals surface area contributed by atoms with Crippen molar-refractivity contribution >= 4 is 50.0 Å². The van der Waals surface area contributed by atoms with Gasteiger partial charge in [-0.05, 0) is 61.7 Å². The summed E-state index contributed by atoms with van der Waals surface area (Å²) >= 11 is 3.44. The highest BCUT2D eigenvalue weighted by atomic mass is 79.9. The molecule has 7 nitrogen and oxygen atoms in total. The molecule has 0 unspecified atom stereocenters. The summed E-state index contributed by atoms with van der Waals surface area (Å²) in [7, 11) is 0. The zero-order valence-electron chi connectivity index (χ0n) is 15.0. The van der Waals surface area contributed by atoms with Gasteiger partial charge in [0.25, 0.3) is 5.91 Å². The van der Waals surface area contributed by atoms with E-state index in [-0.39, 0.29) is 23.4 Å². The fourth-order valence-corrected chi connectivity index (χ4v) is 3.18. The number of benzene rings is 2. The van der Waals surface area contributed by atoms with Crippen LogP contribution in [0.2, 0.25) is 0 Å². The number of fused-ring (bicyclic) bond motifs is 1. The molecule has 0 aliphatic heterocycles. The van der Waals surface area contributed by atoms with Crippen molar-refractivity contribution in [2.75, 3.05) is 5.32 Å². The summed E-state index contributed by atoms with van der Waals surface area (Å²) in [5.74, 6) is -0.566. The summed E-state index contributed by atoms with van der Waals surface area (Å²) in [5.41, 5.74) is 2.85. The number of nitrogens with one attached hydrogen (secondary N) is 2. The highest BCUT2D eigenvalue weighted by molar-refractivity contribution is 9.10. The van der Waals surface area contributed by atoms with E-state index in [0.717, 1.165) is 22.9 Å². The number of azo groups is 1. The lowest BCUT2D eigenvalue weighted by atomic mass is 10.1. The predicted molar refractivity (Wildman–Crippen MR) is 109 cm³/mol. The number of rotatable bonds is 4. The van der Waals surface area contributed by atoms with Crippen molar-refractivity contribution < 1.29 is 14.7 Å². The lowest BCUT2D eigenvalue weighted by Crippen LogP contribution is -2.13. The molecule has 2 aromatic carbocycles. The van der Waals surface area contributed by atoms with Crippen LogP contribution in [-0.2, 0) is 4.79 Å². The molecule has 142 valence electrons. The van der Waals surface area contributed by atoms with Crippen LogP contribution in [0.25, 0.3) is 10.9 Å². The second-order valence-corrected chi connectivity index (χ2v) is 7.67. The molecule has 0 saturated heterocycles. The van der Waals surface area contributed by atoms with E-state index >= 15 is 0 Å². The first-order valence-corrected chi connectivity index (χ1v) is 9.59. The molecule has 28 heavy (non-hydrogen) atoms. The Bertz CT molecular complexity index is 1110. The number of amides is 2. The average Bonchev–Trinajstić information content (AvgIpc) is 3.47. The fraction of sp³-hybridized carbons (Fsp3) is 0.200. The SMILES string of the molecule is Cc1cc2c(N=NC(=O)c3ccc(NC(=O)C4CC4)cc3)c(O)[nH]c2cc1Br. The highest BCUT2D eigenvalue weighted by Gasteiger charge is 2.29. The molecule has 1 aromatic heterocycles. The molecule has 3 N–H and O–H groups in total. The maximum absolute atomic E-state index is 12.3. The quantitative estimate of drug-likeness (QED) is 0.484. The Hall–Kier alpha value is -3.00. The molecule has 2 amide bonds. The van der Waals surface area contributed by atoms with Crippen molar-refractivity contribution in [3.05, 3.63) is 52.0 Å². The molecule has 1 aliphatic carbocycles. The van der Waals surface area contributed by atoms with Gasteiger partial charge in [-0.2, -0.15) is 0 Å². The van der Waals surface area contributed by atoms with Crippen LogP contribution in [0.3, 0.4) is 0 Å². The van der Waals surface area contributed by atoms with Crippen molar-refractivity contribution in [1.29, 1.82) is 0 Å². The van der Waals surface area contributed by atoms with Crippen LogP contribution in [0.15, 0.2) is 51.1 Å². The minimum absolute atomic E-state index is 0.00973. The van der Waals surface area contributed by atoms with Gasteiger partial charge in [-0.15, -0.1) is 10.2 Å². The predicted octanol–water partition coefficient (Wildman–Crippen LogP) is 5.22. The first-order chi connectivity index (χ1) is 13.4. The van der Waals surface area contributed by atoms with Gasteiger partial charge in [-0.25, -0.2) is 0 Å². The average molecular weight is 441 g/mol. The van der Waals surface area contributed by atoms with Gasteiger partial charge in [0.15, 0.2) is 5.69 Å². The third kappa shape index (κ3) is 3.68. The number of aryl methyl sites for hydroxylation is 1. The summed E-state index contributed by atoms with van der Waals surface area (Å²) in [6, 6.07) is 10.2. The number of H-pyrrole nitrogens is 1. The Morgan fingerprint density at radius 2 is 1.93 bits per heavy atom. The highest BCUT2D eigenvalue weighted by Crippen LogP contribution is 2.38. The lowest BCUT2D eigenvalue weighted by Gasteiger charge is -2.04. The molecule has 0 spiro atoms. The van der Waals surface area contributed by atoms with E-state index in [1.54, 1.807) is 24.3 Å². The lowest BCUT2D eigenvalue weighted by molar-refractivity contribution is -0.117. The number of hydrogen-bond acceptors (Lipinski definition) is 4. The third-order valence-electron chi connectivity index (χ3n) is 4.62. The monoisotopic (exact) mass is 440 g/mol. The summed E-state index contributed by atoms with van der Waals surface area (Å²) in [5, 5.41) is 21.3. The standard InChI is InChI=1S/C20H17BrN4O3/c1-10-8-14-16(9-15(10)21)23-20(28)17(14)24-25-19(27)12-4-6-13(7-5-12)22-18(26)11-2-3-11/h4-9,11,23,28H,2-3H2,1H3,(H,22,26). The van der Waals surface area contributed by atoms with Crippen LogP contribution in [0.4, 0.5) is 11.4 Å². The molecular formula is C20H17BrN4O3. The summed E-state index contributed by atoms with van der Waals surface area (Å²) < 4.78 is 0.898. The number of aromatic amines is 1. The van der Waals surface area contributed by atoms with Crippen molar-refractivity contribution in [1.82, 2.24) is 4.98 Å². The van der Waals surface area contributed by atoms with Gasteiger partial charge < -0.3 is 15.4 Å². The van der Waals surface area contributed by atoms with E-state index in [0.29, 0.717) is 22.2 Å². The molecule has 0 bridgehead atoms. The maximum Gasteiger partial charge on any atom is 0.295 e. The number of carbonyl (C=O) groups excluding carboxylic acids is 2. The molecule has 1 aliphatic rings. The van der Waals surface area contributed by atoms with Crippen LogP contribution in [-0.4, -0.2) is 21.9 Å². The van der Waals surface area contributed by atoms with Gasteiger partial charge in [-0.1, -0.05) is 15.9 Å². The Balaban J connectivity index is 1.52. The van der Waals surface area contributed by atoms with E-state index in [2.05, 4.69) is 36.5 Å². The first kappa shape index (κ1) is 18.4. The Kier molecular flexibility index (Phi) is 4.72. The van der Waals surface area contributed by atoms with Crippen LogP contribution in [0.1, 0.15) is 28.8 Å². The molecule has 4 rings (SSSR count). The largest absolute Gasteiger partial charge is 0.493 e. The second kappa shape index (κ2) is 7.20. The normalized spacial score (nSPS) is 13.9. The number of halogens is 1. The summed E-state index contributed by atoms with van der Waals surface area (Å²) in [6.45, 7) is 1.92. The van der Waals surface area contributed by atoms with Crippen LogP contribution >= 0.6 is 15.9 Å². The summed E-state index contributed by atoms with van der Waals surface area (Å²) in [4.78, 5) is 26.9. The van der Waals surface area contributed by atoms with Gasteiger partial charge in [-0.3, -0.25) is 9.59 Å². The van der Waals surface area contributed by atoms with Crippen molar-refractivity contribution in [3.63, 3.8) is 0 Å². The van der Waals surface area contributed by atoms with Crippen LogP contribution in [0.5, 0.6) is 5.88 Å². The number of hydrogen-bond donors (Lipinski definition) is 3. The van der Waals surface area contributed by atoms with Gasteiger partial charge in [0.05, 0.1) is 5.52 Å². The van der Waals surface area contributed by atoms with E-state index in [1.165, 1.54) is 0 Å². The molecule has 1 fully saturated rings. The van der Waals surface area contributed by atoms with Crippen molar-refractivity contribution in [2.24, 2.45) is 16.1 Å². The van der Waals surface area contributed by atoms with E-state index in [9.17, 15) is 14.7 Å². The smallest absolute Gasteiger partial charge is 0.295 e. The molecule has 8 heteroatoms. The first-order valence-electron chi connectivity index (χ1n) is 8.80. The van der Waals surface area contributed by atoms with Crippen LogP contribution < -0.4 is 5.32 Å². The maximum atomic E-state index is 12.3. The molecular weight excluding hydrogens is 424 g/mol. The van der Waals surface area contributed by atoms with E-state index in [1.807, 2.05) is 19.1 Å². The zero-order valence-corrected chi connectivity index (χ0v) is 16.6. The molecule has 1 heterocycles. The molecule has 0 radical (unpaired) electrons. The minimum Gasteiger partial charge on any atom is -0.493 e. The Morgan fingerprint density at radius 1 is 1.21 bits per heavy atom. The topological polar surface area (TPSA) is 107 Å². The summed E-state index contributed by atoms with van der Waals surface area (Å²) in [6.07, 6.45) is 1.86. The number of aromatic nitrogens is 1. The van der Waals surface area contributed by atoms with Crippen LogP contribution in [0, 0.1) is 12.8 Å². The zero-order chi connectivity index (χ0) is 19.8. The molecule has 0 atom stereocenters. The number of aromatic hydroxyl groups is 1. The molecule has 1 saturated carbocycles. The molecule has 3 aromatic rings.